The van der Waals surface area contributed by atoms with Crippen molar-refractivity contribution in [3.63, 3.8) is 0 Å². The van der Waals surface area contributed by atoms with E-state index in [4.69, 9.17) is 0 Å². The summed E-state index contributed by atoms with van der Waals surface area (Å²) in [4.78, 5) is 12.5. The molecule has 0 radical (unpaired) electrons. The van der Waals surface area contributed by atoms with Crippen molar-refractivity contribution in [1.82, 2.24) is 9.97 Å². The van der Waals surface area contributed by atoms with Crippen molar-refractivity contribution in [2.75, 3.05) is 23.3 Å². The van der Waals surface area contributed by atoms with Crippen LogP contribution in [0.4, 0.5) is 10.3 Å². The first-order valence-electron chi connectivity index (χ1n) is 6.57. The van der Waals surface area contributed by atoms with Crippen molar-refractivity contribution >= 4 is 32.9 Å². The first-order valence-corrected chi connectivity index (χ1v) is 8.26. The average Bonchev–Trinajstić information content (AvgIpc) is 2.99. The molecule has 2 aromatic rings. The summed E-state index contributed by atoms with van der Waals surface area (Å²) in [6.45, 7) is 10.5. The molecule has 0 amide bonds. The van der Waals surface area contributed by atoms with Crippen LogP contribution in [0.1, 0.15) is 27.7 Å². The van der Waals surface area contributed by atoms with Gasteiger partial charge in [-0.2, -0.15) is 0 Å². The van der Waals surface area contributed by atoms with Crippen molar-refractivity contribution in [3.8, 4) is 10.6 Å². The molecule has 0 fully saturated rings. The third-order valence-electron chi connectivity index (χ3n) is 2.70. The highest BCUT2D eigenvalue weighted by atomic mass is 32.1. The third kappa shape index (κ3) is 3.45. The van der Waals surface area contributed by atoms with Crippen molar-refractivity contribution < 1.29 is 0 Å². The quantitative estimate of drug-likeness (QED) is 0.877. The molecule has 104 valence electrons. The molecule has 19 heavy (non-hydrogen) atoms. The molecular weight excluding hydrogens is 276 g/mol. The van der Waals surface area contributed by atoms with Gasteiger partial charge >= 0.3 is 0 Å². The zero-order valence-electron chi connectivity index (χ0n) is 11.8. The number of anilines is 2. The van der Waals surface area contributed by atoms with Gasteiger partial charge in [0.15, 0.2) is 10.3 Å². The van der Waals surface area contributed by atoms with Crippen molar-refractivity contribution in [2.24, 2.45) is 0 Å². The summed E-state index contributed by atoms with van der Waals surface area (Å²) in [7, 11) is 0. The molecule has 4 nitrogen and oxygen atoms in total. The minimum absolute atomic E-state index is 0.409. The molecule has 2 rings (SSSR count). The molecule has 2 heterocycles. The Labute approximate surface area is 122 Å². The lowest BCUT2D eigenvalue weighted by Gasteiger charge is -2.16. The Balaban J connectivity index is 2.16. The highest BCUT2D eigenvalue weighted by Crippen LogP contribution is 2.32. The van der Waals surface area contributed by atoms with Gasteiger partial charge in [0.2, 0.25) is 0 Å². The van der Waals surface area contributed by atoms with E-state index in [2.05, 4.69) is 53.3 Å². The zero-order valence-corrected chi connectivity index (χ0v) is 13.4. The van der Waals surface area contributed by atoms with Crippen LogP contribution < -0.4 is 10.2 Å². The standard InChI is InChI=1S/C13H20N4S2/c1-5-17(6-2)13-14-7-11(19-13)10-8-18-12(16-10)15-9(3)4/h7-9H,5-6H2,1-4H3,(H,15,16). The molecule has 0 aliphatic rings. The van der Waals surface area contributed by atoms with Gasteiger partial charge in [0, 0.05) is 30.7 Å². The van der Waals surface area contributed by atoms with Crippen LogP contribution in [0.3, 0.4) is 0 Å². The van der Waals surface area contributed by atoms with Crippen LogP contribution >= 0.6 is 22.7 Å². The number of nitrogens with zero attached hydrogens (tertiary/aromatic N) is 3. The fourth-order valence-corrected chi connectivity index (χ4v) is 3.66. The number of nitrogens with one attached hydrogen (secondary N) is 1. The largest absolute Gasteiger partial charge is 0.359 e. The molecule has 6 heteroatoms. The number of aromatic nitrogens is 2. The van der Waals surface area contributed by atoms with E-state index in [1.54, 1.807) is 22.7 Å². The summed E-state index contributed by atoms with van der Waals surface area (Å²) in [6.07, 6.45) is 1.92. The smallest absolute Gasteiger partial charge is 0.185 e. The molecule has 2 aromatic heterocycles. The van der Waals surface area contributed by atoms with Crippen molar-refractivity contribution in [1.29, 1.82) is 0 Å². The lowest BCUT2D eigenvalue weighted by atomic mass is 10.4. The van der Waals surface area contributed by atoms with Gasteiger partial charge in [0.1, 0.15) is 0 Å². The molecule has 1 N–H and O–H groups in total. The Morgan fingerprint density at radius 1 is 1.32 bits per heavy atom. The lowest BCUT2D eigenvalue weighted by Crippen LogP contribution is -2.21. The molecule has 0 aliphatic heterocycles. The molecule has 0 bridgehead atoms. The summed E-state index contributed by atoms with van der Waals surface area (Å²) in [5.74, 6) is 0. The normalized spacial score (nSPS) is 11.0. The van der Waals surface area contributed by atoms with Gasteiger partial charge in [-0.3, -0.25) is 0 Å². The molecule has 0 aliphatic carbocycles. The fourth-order valence-electron chi connectivity index (χ4n) is 1.72. The predicted molar refractivity (Wildman–Crippen MR) is 85.5 cm³/mol. The van der Waals surface area contributed by atoms with Gasteiger partial charge in [-0.1, -0.05) is 11.3 Å². The van der Waals surface area contributed by atoms with Gasteiger partial charge in [-0.25, -0.2) is 9.97 Å². The van der Waals surface area contributed by atoms with E-state index >= 15 is 0 Å². The second kappa shape index (κ2) is 6.34. The average molecular weight is 296 g/mol. The molecule has 0 aromatic carbocycles. The van der Waals surface area contributed by atoms with E-state index in [-0.39, 0.29) is 0 Å². The number of hydrogen-bond donors (Lipinski definition) is 1. The molecular formula is C13H20N4S2. The van der Waals surface area contributed by atoms with Crippen LogP contribution in [0.5, 0.6) is 0 Å². The fraction of sp³-hybridized carbons (Fsp3) is 0.538. The number of thiazole rings is 2. The van der Waals surface area contributed by atoms with E-state index in [9.17, 15) is 0 Å². The van der Waals surface area contributed by atoms with Crippen LogP contribution in [0.2, 0.25) is 0 Å². The number of hydrogen-bond acceptors (Lipinski definition) is 6. The van der Waals surface area contributed by atoms with E-state index in [0.717, 1.165) is 33.9 Å². The molecule has 0 atom stereocenters. The van der Waals surface area contributed by atoms with Gasteiger partial charge in [0.05, 0.1) is 10.6 Å². The Kier molecular flexibility index (Phi) is 4.76. The van der Waals surface area contributed by atoms with E-state index < -0.39 is 0 Å². The highest BCUT2D eigenvalue weighted by Gasteiger charge is 2.12. The van der Waals surface area contributed by atoms with Gasteiger partial charge < -0.3 is 10.2 Å². The van der Waals surface area contributed by atoms with Crippen molar-refractivity contribution in [2.45, 2.75) is 33.7 Å². The molecule has 0 saturated heterocycles. The van der Waals surface area contributed by atoms with Crippen LogP contribution in [0.15, 0.2) is 11.6 Å². The second-order valence-electron chi connectivity index (χ2n) is 4.52. The first-order chi connectivity index (χ1) is 9.13. The summed E-state index contributed by atoms with van der Waals surface area (Å²) < 4.78 is 0. The summed E-state index contributed by atoms with van der Waals surface area (Å²) in [6, 6.07) is 0.409. The first kappa shape index (κ1) is 14.3. The maximum absolute atomic E-state index is 4.60. The van der Waals surface area contributed by atoms with Crippen LogP contribution in [0, 0.1) is 0 Å². The van der Waals surface area contributed by atoms with Gasteiger partial charge in [-0.05, 0) is 27.7 Å². The van der Waals surface area contributed by atoms with E-state index in [1.807, 2.05) is 6.20 Å². The predicted octanol–water partition coefficient (Wildman–Crippen LogP) is 3.93. The number of rotatable bonds is 6. The highest BCUT2D eigenvalue weighted by molar-refractivity contribution is 7.19. The minimum atomic E-state index is 0.409. The second-order valence-corrected chi connectivity index (χ2v) is 6.38. The summed E-state index contributed by atoms with van der Waals surface area (Å²) in [5.41, 5.74) is 1.02. The van der Waals surface area contributed by atoms with E-state index in [1.165, 1.54) is 0 Å². The van der Waals surface area contributed by atoms with E-state index in [0.29, 0.717) is 6.04 Å². The van der Waals surface area contributed by atoms with Crippen LogP contribution in [0.25, 0.3) is 10.6 Å². The molecule has 0 spiro atoms. The molecule has 0 unspecified atom stereocenters. The lowest BCUT2D eigenvalue weighted by molar-refractivity contribution is 0.860. The third-order valence-corrected chi connectivity index (χ3v) is 4.55. The SMILES string of the molecule is CCN(CC)c1ncc(-c2csc(NC(C)C)n2)s1. The molecule has 0 saturated carbocycles. The summed E-state index contributed by atoms with van der Waals surface area (Å²) >= 11 is 3.35. The van der Waals surface area contributed by atoms with Crippen LogP contribution in [-0.2, 0) is 0 Å². The topological polar surface area (TPSA) is 41.1 Å². The Morgan fingerprint density at radius 3 is 2.68 bits per heavy atom. The Morgan fingerprint density at radius 2 is 2.05 bits per heavy atom. The van der Waals surface area contributed by atoms with Crippen molar-refractivity contribution in [3.05, 3.63) is 11.6 Å². The minimum Gasteiger partial charge on any atom is -0.359 e. The maximum Gasteiger partial charge on any atom is 0.185 e. The Bertz CT molecular complexity index is 514. The van der Waals surface area contributed by atoms with Gasteiger partial charge in [0.25, 0.3) is 0 Å². The maximum atomic E-state index is 4.60. The summed E-state index contributed by atoms with van der Waals surface area (Å²) in [5, 5.41) is 7.47. The Hall–Kier alpha value is -1.14. The van der Waals surface area contributed by atoms with Gasteiger partial charge in [-0.15, -0.1) is 11.3 Å². The van der Waals surface area contributed by atoms with Crippen LogP contribution in [-0.4, -0.2) is 29.1 Å². The monoisotopic (exact) mass is 296 g/mol. The zero-order chi connectivity index (χ0) is 13.8.